The third kappa shape index (κ3) is 5.81. The van der Waals surface area contributed by atoms with E-state index in [-0.39, 0.29) is 31.9 Å². The molecule has 0 spiro atoms. The molecular weight excluding hydrogens is 748 g/mol. The zero-order chi connectivity index (χ0) is 31.3. The fourth-order valence-electron chi connectivity index (χ4n) is 6.00. The molecule has 0 aliphatic heterocycles. The van der Waals surface area contributed by atoms with E-state index in [2.05, 4.69) is 125 Å². The molecule has 0 N–H and O–H groups in total. The summed E-state index contributed by atoms with van der Waals surface area (Å²) in [5.74, 6) is 2.06. The first-order valence-electron chi connectivity index (χ1n) is 15.3. The van der Waals surface area contributed by atoms with Crippen LogP contribution in [0.3, 0.4) is 0 Å². The summed E-state index contributed by atoms with van der Waals surface area (Å²) < 4.78 is 10.6. The molecule has 0 saturated carbocycles. The van der Waals surface area contributed by atoms with Gasteiger partial charge < -0.3 is 9.30 Å². The first kappa shape index (κ1) is 31.5. The number of benzene rings is 4. The fourth-order valence-corrected chi connectivity index (χ4v) is 6.00. The normalized spacial score (nSPS) is 12.0. The molecule has 0 aliphatic carbocycles. The Morgan fingerprint density at radius 2 is 1.43 bits per heavy atom. The van der Waals surface area contributed by atoms with Gasteiger partial charge in [0, 0.05) is 34.2 Å². The maximum Gasteiger partial charge on any atom is 2.00 e. The minimum Gasteiger partial charge on any atom is -0.509 e. The molecule has 7 rings (SSSR count). The number of pyridine rings is 1. The Labute approximate surface area is 285 Å². The molecular formula is C40H36N4OPt. The van der Waals surface area contributed by atoms with E-state index in [1.165, 1.54) is 5.56 Å². The average Bonchev–Trinajstić information content (AvgIpc) is 3.62. The fraction of sp³-hybridized carbons (Fsp3) is 0.200. The van der Waals surface area contributed by atoms with Crippen LogP contribution in [-0.4, -0.2) is 19.3 Å². The van der Waals surface area contributed by atoms with Crippen LogP contribution in [0.1, 0.15) is 52.8 Å². The van der Waals surface area contributed by atoms with E-state index in [1.54, 1.807) is 0 Å². The molecule has 6 heteroatoms. The molecule has 3 aromatic heterocycles. The summed E-state index contributed by atoms with van der Waals surface area (Å²) >= 11 is 0. The van der Waals surface area contributed by atoms with Crippen molar-refractivity contribution in [3.8, 4) is 34.1 Å². The Morgan fingerprint density at radius 1 is 0.696 bits per heavy atom. The monoisotopic (exact) mass is 783 g/mol. The summed E-state index contributed by atoms with van der Waals surface area (Å²) in [6.07, 6.45) is 3.84. The van der Waals surface area contributed by atoms with E-state index < -0.39 is 0 Å². The van der Waals surface area contributed by atoms with Gasteiger partial charge in [0.05, 0.1) is 11.9 Å². The number of aromatic nitrogens is 4. The van der Waals surface area contributed by atoms with Crippen molar-refractivity contribution < 1.29 is 25.8 Å². The predicted octanol–water partition coefficient (Wildman–Crippen LogP) is 10.0. The molecule has 4 aromatic carbocycles. The topological polar surface area (TPSA) is 44.9 Å². The Kier molecular flexibility index (Phi) is 8.25. The van der Waals surface area contributed by atoms with Crippen LogP contribution in [0.15, 0.2) is 109 Å². The summed E-state index contributed by atoms with van der Waals surface area (Å²) in [6.45, 7) is 13.3. The van der Waals surface area contributed by atoms with Crippen LogP contribution in [0.2, 0.25) is 0 Å². The minimum atomic E-state index is -0.156. The van der Waals surface area contributed by atoms with E-state index in [1.807, 2.05) is 47.4 Å². The molecule has 0 fully saturated rings. The van der Waals surface area contributed by atoms with Crippen molar-refractivity contribution in [1.82, 2.24) is 19.3 Å². The molecule has 46 heavy (non-hydrogen) atoms. The summed E-state index contributed by atoms with van der Waals surface area (Å²) in [5, 5.41) is 7.07. The Morgan fingerprint density at radius 3 is 2.20 bits per heavy atom. The molecule has 0 unspecified atom stereocenters. The SMILES string of the molecule is CC(C)(C)c1ccnc(-n2c3[c-]c(Oc4[c-]c(-n5ncc(-c6ccccc6)c5C(C)(C)C)ccc4)ccc3c3ccccc32)c1.[Pt+2]. The molecule has 0 bridgehead atoms. The van der Waals surface area contributed by atoms with Crippen LogP contribution in [0.4, 0.5) is 0 Å². The van der Waals surface area contributed by atoms with Crippen molar-refractivity contribution in [2.75, 3.05) is 0 Å². The molecule has 5 nitrogen and oxygen atoms in total. The summed E-state index contributed by atoms with van der Waals surface area (Å²) in [7, 11) is 0. The van der Waals surface area contributed by atoms with Gasteiger partial charge >= 0.3 is 21.1 Å². The van der Waals surface area contributed by atoms with Crippen molar-refractivity contribution in [2.45, 2.75) is 52.4 Å². The summed E-state index contributed by atoms with van der Waals surface area (Å²) in [5.41, 5.74) is 7.24. The van der Waals surface area contributed by atoms with Crippen LogP contribution in [0.5, 0.6) is 11.5 Å². The zero-order valence-electron chi connectivity index (χ0n) is 26.9. The minimum absolute atomic E-state index is 0. The van der Waals surface area contributed by atoms with Gasteiger partial charge in [-0.25, -0.2) is 4.98 Å². The maximum absolute atomic E-state index is 6.44. The van der Waals surface area contributed by atoms with Crippen LogP contribution in [0, 0.1) is 12.1 Å². The van der Waals surface area contributed by atoms with Gasteiger partial charge in [-0.2, -0.15) is 17.2 Å². The standard InChI is InChI=1S/C40H36N4O.Pt/c1-39(2,3)28-21-22-41-37(23-28)43-35-18-11-10-17-32(35)33-20-19-31(25-36(33)43)45-30-16-12-15-29(24-30)44-38(40(4,5)6)34(26-42-44)27-13-8-7-9-14-27;/h7-23,26H,1-6H3;/q-2;+2. The predicted molar refractivity (Wildman–Crippen MR) is 183 cm³/mol. The van der Waals surface area contributed by atoms with E-state index in [0.717, 1.165) is 50.1 Å². The second-order valence-corrected chi connectivity index (χ2v) is 13.5. The molecule has 0 saturated heterocycles. The van der Waals surface area contributed by atoms with Crippen LogP contribution in [0.25, 0.3) is 44.4 Å². The second-order valence-electron chi connectivity index (χ2n) is 13.5. The maximum atomic E-state index is 6.44. The van der Waals surface area contributed by atoms with Crippen LogP contribution >= 0.6 is 0 Å². The van der Waals surface area contributed by atoms with Gasteiger partial charge in [-0.15, -0.1) is 35.7 Å². The second kappa shape index (κ2) is 12.0. The number of hydrogen-bond acceptors (Lipinski definition) is 3. The van der Waals surface area contributed by atoms with E-state index >= 15 is 0 Å². The van der Waals surface area contributed by atoms with Crippen LogP contribution in [-0.2, 0) is 31.9 Å². The van der Waals surface area contributed by atoms with E-state index in [0.29, 0.717) is 11.5 Å². The summed E-state index contributed by atoms with van der Waals surface area (Å²) in [4.78, 5) is 4.79. The Bertz CT molecular complexity index is 2160. The van der Waals surface area contributed by atoms with Gasteiger partial charge in [0.1, 0.15) is 5.82 Å². The molecule has 7 aromatic rings. The van der Waals surface area contributed by atoms with Gasteiger partial charge in [0.25, 0.3) is 0 Å². The number of rotatable bonds is 5. The van der Waals surface area contributed by atoms with Gasteiger partial charge in [0.2, 0.25) is 0 Å². The van der Waals surface area contributed by atoms with E-state index in [9.17, 15) is 0 Å². The largest absolute Gasteiger partial charge is 2.00 e. The zero-order valence-corrected chi connectivity index (χ0v) is 29.2. The number of para-hydroxylation sites is 1. The van der Waals surface area contributed by atoms with E-state index in [4.69, 9.17) is 14.8 Å². The Balaban J connectivity index is 0.00000372. The first-order valence-corrected chi connectivity index (χ1v) is 15.3. The summed E-state index contributed by atoms with van der Waals surface area (Å²) in [6, 6.07) is 40.1. The quantitative estimate of drug-likeness (QED) is 0.163. The van der Waals surface area contributed by atoms with Crippen LogP contribution < -0.4 is 4.74 Å². The van der Waals surface area contributed by atoms with Crippen molar-refractivity contribution in [2.24, 2.45) is 0 Å². The van der Waals surface area contributed by atoms with Gasteiger partial charge in [0.15, 0.2) is 0 Å². The number of fused-ring (bicyclic) bond motifs is 3. The molecule has 0 aliphatic rings. The molecule has 0 amide bonds. The third-order valence-corrected chi connectivity index (χ3v) is 8.16. The van der Waals surface area contributed by atoms with Gasteiger partial charge in [-0.3, -0.25) is 4.68 Å². The average molecular weight is 784 g/mol. The number of hydrogen-bond donors (Lipinski definition) is 0. The first-order chi connectivity index (χ1) is 21.6. The molecule has 232 valence electrons. The molecule has 0 atom stereocenters. The Hall–Kier alpha value is -4.47. The van der Waals surface area contributed by atoms with Gasteiger partial charge in [-0.05, 0) is 45.8 Å². The third-order valence-electron chi connectivity index (χ3n) is 8.16. The smallest absolute Gasteiger partial charge is 0.509 e. The van der Waals surface area contributed by atoms with Gasteiger partial charge in [-0.1, -0.05) is 95.6 Å². The number of ether oxygens (including phenoxy) is 1. The van der Waals surface area contributed by atoms with Crippen molar-refractivity contribution >= 4 is 21.8 Å². The number of nitrogens with zero attached hydrogens (tertiary/aromatic N) is 4. The van der Waals surface area contributed by atoms with Crippen molar-refractivity contribution in [1.29, 1.82) is 0 Å². The van der Waals surface area contributed by atoms with Crippen molar-refractivity contribution in [3.05, 3.63) is 133 Å². The van der Waals surface area contributed by atoms with Crippen molar-refractivity contribution in [3.63, 3.8) is 0 Å². The molecule has 0 radical (unpaired) electrons. The molecule has 3 heterocycles.